The summed E-state index contributed by atoms with van der Waals surface area (Å²) in [7, 11) is 0. The van der Waals surface area contributed by atoms with E-state index in [9.17, 15) is 19.5 Å². The van der Waals surface area contributed by atoms with Crippen molar-refractivity contribution in [3.05, 3.63) is 25.3 Å². The first kappa shape index (κ1) is 28.4. The number of hydrogen-bond acceptors (Lipinski definition) is 6. The molecule has 0 saturated carbocycles. The number of esters is 1. The lowest BCUT2D eigenvalue weighted by Gasteiger charge is -2.37. The van der Waals surface area contributed by atoms with Crippen LogP contribution in [0.25, 0.3) is 0 Å². The lowest BCUT2D eigenvalue weighted by atomic mass is 9.62. The molecule has 0 radical (unpaired) electrons. The van der Waals surface area contributed by atoms with Crippen LogP contribution in [-0.2, 0) is 23.9 Å². The number of likely N-dealkylation sites (tertiary alicyclic amines) is 1. The molecule has 202 valence electrons. The summed E-state index contributed by atoms with van der Waals surface area (Å²) in [4.78, 5) is 44.9. The van der Waals surface area contributed by atoms with Crippen molar-refractivity contribution < 1.29 is 29.0 Å². The zero-order valence-electron chi connectivity index (χ0n) is 22.2. The molecule has 36 heavy (non-hydrogen) atoms. The average Bonchev–Trinajstić information content (AvgIpc) is 3.36. The predicted molar refractivity (Wildman–Crippen MR) is 137 cm³/mol. The highest BCUT2D eigenvalue weighted by molar-refractivity contribution is 5.98. The fourth-order valence-corrected chi connectivity index (χ4v) is 6.59. The number of rotatable bonds is 15. The molecule has 3 aliphatic rings. The molecule has 8 heteroatoms. The smallest absolute Gasteiger partial charge is 0.313 e. The Hall–Kier alpha value is -2.19. The Morgan fingerprint density at radius 1 is 1.22 bits per heavy atom. The highest BCUT2D eigenvalue weighted by atomic mass is 16.6. The van der Waals surface area contributed by atoms with E-state index in [1.807, 2.05) is 13.8 Å². The minimum Gasteiger partial charge on any atom is -0.461 e. The van der Waals surface area contributed by atoms with Crippen LogP contribution < -0.4 is 0 Å². The topological polar surface area (TPSA) is 96.4 Å². The molecular formula is C28H44N2O6. The number of ether oxygens (including phenoxy) is 2. The van der Waals surface area contributed by atoms with Crippen molar-refractivity contribution in [3.8, 4) is 0 Å². The Morgan fingerprint density at radius 3 is 2.61 bits per heavy atom. The maximum atomic E-state index is 14.2. The van der Waals surface area contributed by atoms with Gasteiger partial charge >= 0.3 is 5.97 Å². The largest absolute Gasteiger partial charge is 0.461 e. The number of aliphatic hydroxyl groups is 1. The van der Waals surface area contributed by atoms with Crippen LogP contribution in [0.15, 0.2) is 25.3 Å². The van der Waals surface area contributed by atoms with E-state index in [1.54, 1.807) is 15.9 Å². The van der Waals surface area contributed by atoms with E-state index in [0.717, 1.165) is 25.7 Å². The van der Waals surface area contributed by atoms with E-state index in [1.165, 1.54) is 6.08 Å². The van der Waals surface area contributed by atoms with Crippen molar-refractivity contribution in [2.24, 2.45) is 17.8 Å². The first-order valence-electron chi connectivity index (χ1n) is 13.5. The Labute approximate surface area is 215 Å². The molecule has 3 rings (SSSR count). The SMILES string of the molecule is C=CCOC(=O)[C@H]1[C@H]2C(=O)N(CCCCCO)C(C(=O)N(CC=C)CCCCC)C23CC(C)[C@]1(C)O3. The molecule has 3 saturated heterocycles. The minimum atomic E-state index is -1.07. The molecule has 3 aliphatic heterocycles. The number of fused-ring (bicyclic) bond motifs is 1. The van der Waals surface area contributed by atoms with Gasteiger partial charge < -0.3 is 24.4 Å². The number of carbonyl (C=O) groups is 3. The molecule has 2 amide bonds. The van der Waals surface area contributed by atoms with Gasteiger partial charge in [-0.1, -0.05) is 45.4 Å². The third kappa shape index (κ3) is 4.86. The van der Waals surface area contributed by atoms with Crippen molar-refractivity contribution in [3.63, 3.8) is 0 Å². The second kappa shape index (κ2) is 11.9. The van der Waals surface area contributed by atoms with Gasteiger partial charge in [0.1, 0.15) is 24.2 Å². The van der Waals surface area contributed by atoms with Crippen molar-refractivity contribution >= 4 is 17.8 Å². The fraction of sp³-hybridized carbons (Fsp3) is 0.750. The molecule has 3 heterocycles. The molecule has 1 N–H and O–H groups in total. The number of amides is 2. The molecule has 0 aliphatic carbocycles. The zero-order valence-corrected chi connectivity index (χ0v) is 22.2. The lowest BCUT2D eigenvalue weighted by Crippen LogP contribution is -2.56. The Balaban J connectivity index is 2.01. The van der Waals surface area contributed by atoms with E-state index in [4.69, 9.17) is 9.47 Å². The molecule has 6 atom stereocenters. The summed E-state index contributed by atoms with van der Waals surface area (Å²) in [5.41, 5.74) is -1.95. The van der Waals surface area contributed by atoms with E-state index in [2.05, 4.69) is 20.1 Å². The van der Waals surface area contributed by atoms with Crippen LogP contribution in [0.2, 0.25) is 0 Å². The van der Waals surface area contributed by atoms with Gasteiger partial charge in [0, 0.05) is 26.2 Å². The van der Waals surface area contributed by atoms with Crippen LogP contribution in [0, 0.1) is 17.8 Å². The summed E-state index contributed by atoms with van der Waals surface area (Å²) in [5, 5.41) is 9.20. The summed E-state index contributed by atoms with van der Waals surface area (Å²) in [5.74, 6) is -2.38. The van der Waals surface area contributed by atoms with Crippen molar-refractivity contribution in [2.45, 2.75) is 83.0 Å². The Bertz CT molecular complexity index is 846. The van der Waals surface area contributed by atoms with Crippen LogP contribution in [0.5, 0.6) is 0 Å². The second-order valence-electron chi connectivity index (χ2n) is 10.7. The molecule has 2 bridgehead atoms. The van der Waals surface area contributed by atoms with Gasteiger partial charge in [0.2, 0.25) is 11.8 Å². The summed E-state index contributed by atoms with van der Waals surface area (Å²) in [6.45, 7) is 15.0. The first-order valence-corrected chi connectivity index (χ1v) is 13.5. The van der Waals surface area contributed by atoms with Crippen LogP contribution in [-0.4, -0.2) is 82.8 Å². The Kier molecular flexibility index (Phi) is 9.39. The number of nitrogens with zero attached hydrogens (tertiary/aromatic N) is 2. The molecule has 0 aromatic heterocycles. The number of unbranched alkanes of at least 4 members (excludes halogenated alkanes) is 4. The van der Waals surface area contributed by atoms with E-state index in [0.29, 0.717) is 38.9 Å². The summed E-state index contributed by atoms with van der Waals surface area (Å²) < 4.78 is 12.2. The summed E-state index contributed by atoms with van der Waals surface area (Å²) >= 11 is 0. The third-order valence-corrected chi connectivity index (χ3v) is 8.40. The minimum absolute atomic E-state index is 0.0274. The van der Waals surface area contributed by atoms with Gasteiger partial charge in [0.15, 0.2) is 0 Å². The first-order chi connectivity index (χ1) is 17.2. The van der Waals surface area contributed by atoms with Crippen LogP contribution in [0.3, 0.4) is 0 Å². The van der Waals surface area contributed by atoms with Gasteiger partial charge in [0.05, 0.1) is 11.5 Å². The van der Waals surface area contributed by atoms with Gasteiger partial charge in [-0.2, -0.15) is 0 Å². The zero-order chi connectivity index (χ0) is 26.5. The Morgan fingerprint density at radius 2 is 1.97 bits per heavy atom. The maximum absolute atomic E-state index is 14.2. The van der Waals surface area contributed by atoms with E-state index in [-0.39, 0.29) is 30.9 Å². The number of aliphatic hydroxyl groups excluding tert-OH is 1. The van der Waals surface area contributed by atoms with Gasteiger partial charge in [0.25, 0.3) is 0 Å². The van der Waals surface area contributed by atoms with Gasteiger partial charge in [-0.3, -0.25) is 14.4 Å². The van der Waals surface area contributed by atoms with E-state index >= 15 is 0 Å². The molecule has 0 aromatic carbocycles. The van der Waals surface area contributed by atoms with Crippen LogP contribution >= 0.6 is 0 Å². The van der Waals surface area contributed by atoms with Gasteiger partial charge in [-0.25, -0.2) is 0 Å². The fourth-order valence-electron chi connectivity index (χ4n) is 6.59. The predicted octanol–water partition coefficient (Wildman–Crippen LogP) is 3.09. The van der Waals surface area contributed by atoms with Crippen molar-refractivity contribution in [1.82, 2.24) is 9.80 Å². The highest BCUT2D eigenvalue weighted by Gasteiger charge is 2.80. The van der Waals surface area contributed by atoms with Crippen LogP contribution in [0.4, 0.5) is 0 Å². The highest BCUT2D eigenvalue weighted by Crippen LogP contribution is 2.65. The van der Waals surface area contributed by atoms with Crippen LogP contribution in [0.1, 0.15) is 65.7 Å². The standard InChI is InChI=1S/C28H44N2O6/c1-6-9-11-15-29(14-7-2)25(33)23-28-19-20(4)27(5,36-28)22(26(34)35-18-8-3)21(28)24(32)30(23)16-12-10-13-17-31/h7-8,20-23,31H,2-3,6,9-19H2,1,4-5H3/t20?,21-,22+,23?,27-,28?/m0/s1. The molecular weight excluding hydrogens is 460 g/mol. The average molecular weight is 505 g/mol. The molecule has 0 aromatic rings. The number of hydrogen-bond donors (Lipinski definition) is 1. The molecule has 3 unspecified atom stereocenters. The quantitative estimate of drug-likeness (QED) is 0.209. The van der Waals surface area contributed by atoms with Crippen molar-refractivity contribution in [1.29, 1.82) is 0 Å². The second-order valence-corrected chi connectivity index (χ2v) is 10.7. The summed E-state index contributed by atoms with van der Waals surface area (Å²) in [6, 6.07) is -0.799. The van der Waals surface area contributed by atoms with Gasteiger partial charge in [-0.05, 0) is 44.9 Å². The normalized spacial score (nSPS) is 32.4. The lowest BCUT2D eigenvalue weighted by molar-refractivity contribution is -0.161. The maximum Gasteiger partial charge on any atom is 0.313 e. The third-order valence-electron chi connectivity index (χ3n) is 8.40. The van der Waals surface area contributed by atoms with Crippen molar-refractivity contribution in [2.75, 3.05) is 32.8 Å². The van der Waals surface area contributed by atoms with Gasteiger partial charge in [-0.15, -0.1) is 6.58 Å². The summed E-state index contributed by atoms with van der Waals surface area (Å²) in [6.07, 6.45) is 8.71. The number of carbonyl (C=O) groups excluding carboxylic acids is 3. The molecule has 3 fully saturated rings. The molecule has 8 nitrogen and oxygen atoms in total. The molecule has 1 spiro atoms. The monoisotopic (exact) mass is 504 g/mol. The van der Waals surface area contributed by atoms with E-state index < -0.39 is 35.0 Å².